The molecule has 4 heteroatoms. The minimum Gasteiger partial charge on any atom is -0.301 e. The number of hydrogen-bond acceptors (Lipinski definition) is 3. The molecule has 1 amide bonds. The first-order valence-electron chi connectivity index (χ1n) is 6.76. The molecule has 17 heavy (non-hydrogen) atoms. The van der Waals surface area contributed by atoms with Crippen molar-refractivity contribution < 1.29 is 4.79 Å². The van der Waals surface area contributed by atoms with Gasteiger partial charge in [-0.1, -0.05) is 19.8 Å². The van der Waals surface area contributed by atoms with Crippen molar-refractivity contribution in [2.45, 2.75) is 64.5 Å². The van der Waals surface area contributed by atoms with Crippen LogP contribution in [0, 0.1) is 5.92 Å². The molecular weight excluding hydrogens is 214 g/mol. The van der Waals surface area contributed by atoms with Crippen LogP contribution in [0.1, 0.15) is 52.4 Å². The summed E-state index contributed by atoms with van der Waals surface area (Å²) >= 11 is 0. The van der Waals surface area contributed by atoms with Crippen molar-refractivity contribution in [3.8, 4) is 0 Å². The maximum Gasteiger partial charge on any atom is 0.233 e. The number of nitrogens with one attached hydrogen (secondary N) is 1. The lowest BCUT2D eigenvalue weighted by Crippen LogP contribution is -2.42. The molecule has 3 atom stereocenters. The highest BCUT2D eigenvalue weighted by molar-refractivity contribution is 5.75. The minimum absolute atomic E-state index is 0.0673. The molecule has 0 aromatic rings. The van der Waals surface area contributed by atoms with E-state index >= 15 is 0 Å². The topological polar surface area (TPSA) is 58.4 Å². The molecule has 3 unspecified atom stereocenters. The molecule has 100 valence electrons. The Bertz CT molecular complexity index is 245. The first-order chi connectivity index (χ1) is 8.04. The summed E-state index contributed by atoms with van der Waals surface area (Å²) in [6.45, 7) is 4.54. The van der Waals surface area contributed by atoms with Crippen LogP contribution in [0.4, 0.5) is 0 Å². The standard InChI is InChI=1S/C13H27N3O/c1-10-5-4-6-12(9-10)16(3)11(2)7-8-13(17)15-14/h10-12H,4-9,14H2,1-3H3,(H,15,17). The van der Waals surface area contributed by atoms with Crippen molar-refractivity contribution in [1.29, 1.82) is 0 Å². The highest BCUT2D eigenvalue weighted by Crippen LogP contribution is 2.28. The smallest absolute Gasteiger partial charge is 0.233 e. The molecule has 4 nitrogen and oxygen atoms in total. The molecule has 0 spiro atoms. The number of amides is 1. The zero-order valence-electron chi connectivity index (χ0n) is 11.4. The quantitative estimate of drug-likeness (QED) is 0.437. The van der Waals surface area contributed by atoms with Gasteiger partial charge in [0.25, 0.3) is 0 Å². The lowest BCUT2D eigenvalue weighted by atomic mass is 9.86. The number of nitrogens with two attached hydrogens (primary N) is 1. The zero-order chi connectivity index (χ0) is 12.8. The van der Waals surface area contributed by atoms with E-state index in [-0.39, 0.29) is 5.91 Å². The Labute approximate surface area is 105 Å². The van der Waals surface area contributed by atoms with E-state index < -0.39 is 0 Å². The summed E-state index contributed by atoms with van der Waals surface area (Å²) in [6, 6.07) is 1.14. The fourth-order valence-corrected chi connectivity index (χ4v) is 2.75. The van der Waals surface area contributed by atoms with Gasteiger partial charge in [-0.05, 0) is 39.2 Å². The van der Waals surface area contributed by atoms with Crippen LogP contribution in [0.3, 0.4) is 0 Å². The van der Waals surface area contributed by atoms with Gasteiger partial charge in [0.15, 0.2) is 0 Å². The van der Waals surface area contributed by atoms with Gasteiger partial charge in [0.2, 0.25) is 5.91 Å². The maximum atomic E-state index is 11.1. The number of carbonyl (C=O) groups is 1. The van der Waals surface area contributed by atoms with E-state index in [0.717, 1.165) is 12.3 Å². The molecule has 1 aliphatic rings. The van der Waals surface area contributed by atoms with Gasteiger partial charge in [0.1, 0.15) is 0 Å². The molecule has 0 saturated heterocycles. The highest BCUT2D eigenvalue weighted by atomic mass is 16.2. The van der Waals surface area contributed by atoms with Gasteiger partial charge < -0.3 is 4.90 Å². The first kappa shape index (κ1) is 14.5. The summed E-state index contributed by atoms with van der Waals surface area (Å²) < 4.78 is 0. The van der Waals surface area contributed by atoms with Crippen molar-refractivity contribution in [1.82, 2.24) is 10.3 Å². The van der Waals surface area contributed by atoms with Crippen molar-refractivity contribution in [2.24, 2.45) is 11.8 Å². The number of hydrogen-bond donors (Lipinski definition) is 2. The monoisotopic (exact) mass is 241 g/mol. The second-order valence-electron chi connectivity index (χ2n) is 5.55. The summed E-state index contributed by atoms with van der Waals surface area (Å²) in [5.74, 6) is 5.86. The van der Waals surface area contributed by atoms with E-state index in [2.05, 4.69) is 31.2 Å². The molecule has 0 aromatic heterocycles. The number of hydrazine groups is 1. The minimum atomic E-state index is -0.0673. The highest BCUT2D eigenvalue weighted by Gasteiger charge is 2.25. The molecule has 0 radical (unpaired) electrons. The predicted octanol–water partition coefficient (Wildman–Crippen LogP) is 1.66. The summed E-state index contributed by atoms with van der Waals surface area (Å²) in [5, 5.41) is 0. The normalized spacial score (nSPS) is 26.9. The van der Waals surface area contributed by atoms with Gasteiger partial charge in [0.05, 0.1) is 0 Å². The third kappa shape index (κ3) is 4.64. The Morgan fingerprint density at radius 3 is 2.82 bits per heavy atom. The van der Waals surface area contributed by atoms with Crippen LogP contribution < -0.4 is 11.3 Å². The average Bonchev–Trinajstić information content (AvgIpc) is 2.34. The van der Waals surface area contributed by atoms with E-state index in [1.165, 1.54) is 25.7 Å². The summed E-state index contributed by atoms with van der Waals surface area (Å²) in [4.78, 5) is 13.6. The average molecular weight is 241 g/mol. The largest absolute Gasteiger partial charge is 0.301 e. The van der Waals surface area contributed by atoms with Crippen LogP contribution in [-0.2, 0) is 4.79 Å². The second kappa shape index (κ2) is 6.97. The van der Waals surface area contributed by atoms with Crippen molar-refractivity contribution in [3.05, 3.63) is 0 Å². The molecular formula is C13H27N3O. The molecule has 3 N–H and O–H groups in total. The number of nitrogens with zero attached hydrogens (tertiary/aromatic N) is 1. The van der Waals surface area contributed by atoms with Gasteiger partial charge in [-0.2, -0.15) is 0 Å². The van der Waals surface area contributed by atoms with Gasteiger partial charge in [-0.3, -0.25) is 10.2 Å². The molecule has 0 aliphatic heterocycles. The van der Waals surface area contributed by atoms with E-state index in [9.17, 15) is 4.79 Å². The molecule has 0 aromatic carbocycles. The Morgan fingerprint density at radius 2 is 2.24 bits per heavy atom. The lowest BCUT2D eigenvalue weighted by Gasteiger charge is -2.37. The van der Waals surface area contributed by atoms with Gasteiger partial charge >= 0.3 is 0 Å². The molecule has 0 bridgehead atoms. The van der Waals surface area contributed by atoms with Gasteiger partial charge in [-0.25, -0.2) is 5.84 Å². The predicted molar refractivity (Wildman–Crippen MR) is 70.2 cm³/mol. The Balaban J connectivity index is 2.34. The molecule has 1 saturated carbocycles. The summed E-state index contributed by atoms with van der Waals surface area (Å²) in [6.07, 6.45) is 6.70. The van der Waals surface area contributed by atoms with Crippen LogP contribution in [0.15, 0.2) is 0 Å². The molecule has 1 fully saturated rings. The second-order valence-corrected chi connectivity index (χ2v) is 5.55. The summed E-state index contributed by atoms with van der Waals surface area (Å²) in [7, 11) is 2.19. The van der Waals surface area contributed by atoms with Gasteiger partial charge in [-0.15, -0.1) is 0 Å². The van der Waals surface area contributed by atoms with Crippen LogP contribution in [0.2, 0.25) is 0 Å². The van der Waals surface area contributed by atoms with Crippen LogP contribution in [-0.4, -0.2) is 29.9 Å². The zero-order valence-corrected chi connectivity index (χ0v) is 11.4. The van der Waals surface area contributed by atoms with E-state index in [4.69, 9.17) is 5.84 Å². The van der Waals surface area contributed by atoms with Gasteiger partial charge in [0, 0.05) is 18.5 Å². The number of rotatable bonds is 5. The Morgan fingerprint density at radius 1 is 1.53 bits per heavy atom. The van der Waals surface area contributed by atoms with Crippen LogP contribution in [0.25, 0.3) is 0 Å². The molecule has 0 heterocycles. The van der Waals surface area contributed by atoms with Crippen molar-refractivity contribution in [2.75, 3.05) is 7.05 Å². The lowest BCUT2D eigenvalue weighted by molar-refractivity contribution is -0.121. The van der Waals surface area contributed by atoms with E-state index in [1.54, 1.807) is 0 Å². The van der Waals surface area contributed by atoms with E-state index in [1.807, 2.05) is 0 Å². The summed E-state index contributed by atoms with van der Waals surface area (Å²) in [5.41, 5.74) is 2.19. The van der Waals surface area contributed by atoms with Crippen LogP contribution >= 0.6 is 0 Å². The molecule has 1 rings (SSSR count). The fourth-order valence-electron chi connectivity index (χ4n) is 2.75. The Kier molecular flexibility index (Phi) is 5.92. The third-order valence-corrected chi connectivity index (χ3v) is 4.13. The first-order valence-corrected chi connectivity index (χ1v) is 6.76. The fraction of sp³-hybridized carbons (Fsp3) is 0.923. The third-order valence-electron chi connectivity index (χ3n) is 4.13. The van der Waals surface area contributed by atoms with Crippen molar-refractivity contribution in [3.63, 3.8) is 0 Å². The number of carbonyl (C=O) groups excluding carboxylic acids is 1. The SMILES string of the molecule is CC1CCCC(N(C)C(C)CCC(=O)NN)C1. The van der Waals surface area contributed by atoms with Crippen LogP contribution in [0.5, 0.6) is 0 Å². The van der Waals surface area contributed by atoms with E-state index in [0.29, 0.717) is 18.5 Å². The maximum absolute atomic E-state index is 11.1. The Hall–Kier alpha value is -0.610. The molecule has 1 aliphatic carbocycles. The van der Waals surface area contributed by atoms with Crippen molar-refractivity contribution >= 4 is 5.91 Å².